The Morgan fingerprint density at radius 3 is 2.35 bits per heavy atom. The summed E-state index contributed by atoms with van der Waals surface area (Å²) in [4.78, 5) is 32.8. The lowest BCUT2D eigenvalue weighted by Crippen LogP contribution is -2.53. The van der Waals surface area contributed by atoms with Crippen molar-refractivity contribution < 1.29 is 18.0 Å². The number of pyridine rings is 1. The summed E-state index contributed by atoms with van der Waals surface area (Å²) in [6.07, 6.45) is 1.55. The molecule has 3 amide bonds. The van der Waals surface area contributed by atoms with Gasteiger partial charge in [0.2, 0.25) is 0 Å². The minimum Gasteiger partial charge on any atom is -0.351 e. The smallest absolute Gasteiger partial charge is 0.315 e. The number of hydrogen-bond acceptors (Lipinski definition) is 5. The molecule has 0 saturated carbocycles. The lowest BCUT2D eigenvalue weighted by Gasteiger charge is -2.40. The third-order valence-corrected chi connectivity index (χ3v) is 7.82. The zero-order valence-electron chi connectivity index (χ0n) is 19.8. The van der Waals surface area contributed by atoms with Gasteiger partial charge >= 0.3 is 6.03 Å². The van der Waals surface area contributed by atoms with Crippen molar-refractivity contribution in [2.24, 2.45) is 5.73 Å². The minimum absolute atomic E-state index is 0.0741. The number of nitrogens with two attached hydrogens (primary N) is 1. The Balaban J connectivity index is 1.33. The summed E-state index contributed by atoms with van der Waals surface area (Å²) < 4.78 is 28.7. The normalized spacial score (nSPS) is 15.9. The van der Waals surface area contributed by atoms with Crippen LogP contribution < -0.4 is 10.5 Å². The highest BCUT2D eigenvalue weighted by Gasteiger charge is 2.33. The molecule has 3 aromatic carbocycles. The molecule has 4 aromatic rings. The second-order valence-electron chi connectivity index (χ2n) is 8.72. The lowest BCUT2D eigenvalue weighted by molar-refractivity contribution is 0.0565. The predicted octanol–water partition coefficient (Wildman–Crippen LogP) is 3.61. The van der Waals surface area contributed by atoms with E-state index in [0.717, 1.165) is 10.9 Å². The van der Waals surface area contributed by atoms with Gasteiger partial charge in [0.25, 0.3) is 15.9 Å². The maximum atomic E-state index is 13.3. The highest BCUT2D eigenvalue weighted by Crippen LogP contribution is 2.27. The first kappa shape index (κ1) is 24.3. The van der Waals surface area contributed by atoms with Gasteiger partial charge in [-0.2, -0.15) is 0 Å². The van der Waals surface area contributed by atoms with Gasteiger partial charge in [-0.15, -0.1) is 0 Å². The van der Waals surface area contributed by atoms with Gasteiger partial charge in [-0.25, -0.2) is 13.2 Å². The molecule has 0 spiro atoms. The number of urea groups is 1. The number of nitrogens with one attached hydrogen (secondary N) is 1. The average Bonchev–Trinajstić information content (AvgIpc) is 2.92. The molecule has 2 heterocycles. The van der Waals surface area contributed by atoms with Crippen LogP contribution >= 0.6 is 0 Å². The zero-order valence-corrected chi connectivity index (χ0v) is 20.6. The SMILES string of the molecule is NC(=O)N1CCN(C(=O)c2ccc(NS(=O)(=O)c3cccc4cccnc34)cc2)CC1c1ccccc1. The van der Waals surface area contributed by atoms with Gasteiger partial charge < -0.3 is 15.5 Å². The van der Waals surface area contributed by atoms with E-state index in [1.54, 1.807) is 64.5 Å². The average molecular weight is 516 g/mol. The minimum atomic E-state index is -3.90. The number of primary amides is 1. The summed E-state index contributed by atoms with van der Waals surface area (Å²) in [7, 11) is -3.90. The van der Waals surface area contributed by atoms with Crippen molar-refractivity contribution in [2.75, 3.05) is 24.4 Å². The molecule has 188 valence electrons. The molecule has 37 heavy (non-hydrogen) atoms. The number of piperazine rings is 1. The van der Waals surface area contributed by atoms with Crippen molar-refractivity contribution in [1.82, 2.24) is 14.8 Å². The van der Waals surface area contributed by atoms with Crippen molar-refractivity contribution in [3.63, 3.8) is 0 Å². The highest BCUT2D eigenvalue weighted by atomic mass is 32.2. The van der Waals surface area contributed by atoms with Crippen LogP contribution in [0.4, 0.5) is 10.5 Å². The Bertz CT molecular complexity index is 1550. The molecule has 1 atom stereocenters. The molecular formula is C27H25N5O4S. The number of para-hydroxylation sites is 1. The Morgan fingerprint density at radius 2 is 1.62 bits per heavy atom. The highest BCUT2D eigenvalue weighted by molar-refractivity contribution is 7.93. The van der Waals surface area contributed by atoms with Crippen molar-refractivity contribution in [1.29, 1.82) is 0 Å². The molecular weight excluding hydrogens is 490 g/mol. The summed E-state index contributed by atoms with van der Waals surface area (Å²) >= 11 is 0. The van der Waals surface area contributed by atoms with Crippen LogP contribution in [0, 0.1) is 0 Å². The molecule has 3 N–H and O–H groups in total. The zero-order chi connectivity index (χ0) is 26.0. The van der Waals surface area contributed by atoms with Crippen molar-refractivity contribution >= 4 is 38.6 Å². The van der Waals surface area contributed by atoms with Gasteiger partial charge in [0.05, 0.1) is 11.6 Å². The van der Waals surface area contributed by atoms with E-state index < -0.39 is 16.1 Å². The molecule has 0 radical (unpaired) electrons. The molecule has 10 heteroatoms. The summed E-state index contributed by atoms with van der Waals surface area (Å²) in [6.45, 7) is 0.958. The lowest BCUT2D eigenvalue weighted by atomic mass is 10.0. The second-order valence-corrected chi connectivity index (χ2v) is 10.4. The Morgan fingerprint density at radius 1 is 0.892 bits per heavy atom. The van der Waals surface area contributed by atoms with Crippen LogP contribution in [0.15, 0.2) is 96.0 Å². The van der Waals surface area contributed by atoms with Gasteiger partial charge in [-0.05, 0) is 42.0 Å². The standard InChI is InChI=1S/C27H25N5O4S/c28-27(34)32-17-16-31(18-23(32)19-6-2-1-3-7-19)26(33)21-11-13-22(14-12-21)30-37(35,36)24-10-4-8-20-9-5-15-29-25(20)24/h1-15,23,30H,16-18H2,(H2,28,34). The van der Waals surface area contributed by atoms with Crippen LogP contribution in [0.3, 0.4) is 0 Å². The van der Waals surface area contributed by atoms with E-state index in [4.69, 9.17) is 5.73 Å². The van der Waals surface area contributed by atoms with Crippen LogP contribution in [-0.4, -0.2) is 54.8 Å². The Labute approximate surface area is 214 Å². The van der Waals surface area contributed by atoms with Gasteiger partial charge in [-0.3, -0.25) is 14.5 Å². The van der Waals surface area contributed by atoms with Crippen LogP contribution in [0.25, 0.3) is 10.9 Å². The van der Waals surface area contributed by atoms with E-state index in [1.165, 1.54) is 6.07 Å². The Hall–Kier alpha value is -4.44. The van der Waals surface area contributed by atoms with E-state index in [9.17, 15) is 18.0 Å². The number of rotatable bonds is 5. The molecule has 1 unspecified atom stereocenters. The number of carbonyl (C=O) groups excluding carboxylic acids is 2. The van der Waals surface area contributed by atoms with E-state index in [1.807, 2.05) is 30.3 Å². The summed E-state index contributed by atoms with van der Waals surface area (Å²) in [5.74, 6) is -0.210. The number of sulfonamides is 1. The van der Waals surface area contributed by atoms with Crippen molar-refractivity contribution in [2.45, 2.75) is 10.9 Å². The fourth-order valence-corrected chi connectivity index (χ4v) is 5.80. The monoisotopic (exact) mass is 515 g/mol. The molecule has 1 saturated heterocycles. The van der Waals surface area contributed by atoms with Crippen LogP contribution in [0.2, 0.25) is 0 Å². The first-order valence-corrected chi connectivity index (χ1v) is 13.2. The quantitative estimate of drug-likeness (QED) is 0.420. The number of hydrogen-bond donors (Lipinski definition) is 2. The van der Waals surface area contributed by atoms with E-state index >= 15 is 0 Å². The maximum absolute atomic E-state index is 13.3. The van der Waals surface area contributed by atoms with Crippen LogP contribution in [-0.2, 0) is 10.0 Å². The molecule has 1 aliphatic rings. The first-order valence-electron chi connectivity index (χ1n) is 11.7. The van der Waals surface area contributed by atoms with Gasteiger partial charge in [0.15, 0.2) is 0 Å². The first-order chi connectivity index (χ1) is 17.8. The summed E-state index contributed by atoms with van der Waals surface area (Å²) in [6, 6.07) is 23.4. The number of anilines is 1. The van der Waals surface area contributed by atoms with Crippen molar-refractivity contribution in [3.8, 4) is 0 Å². The third-order valence-electron chi connectivity index (χ3n) is 6.40. The topological polar surface area (TPSA) is 126 Å². The van der Waals surface area contributed by atoms with E-state index in [0.29, 0.717) is 36.4 Å². The molecule has 1 aliphatic heterocycles. The fourth-order valence-electron chi connectivity index (χ4n) is 4.56. The molecule has 9 nitrogen and oxygen atoms in total. The number of benzene rings is 3. The Kier molecular flexibility index (Phi) is 6.49. The second kappa shape index (κ2) is 9.90. The fraction of sp³-hybridized carbons (Fsp3) is 0.148. The molecule has 0 bridgehead atoms. The largest absolute Gasteiger partial charge is 0.351 e. The summed E-state index contributed by atoms with van der Waals surface area (Å²) in [5.41, 5.74) is 7.60. The van der Waals surface area contributed by atoms with Crippen LogP contribution in [0.5, 0.6) is 0 Å². The summed E-state index contributed by atoms with van der Waals surface area (Å²) in [5, 5.41) is 0.719. The van der Waals surface area contributed by atoms with Gasteiger partial charge in [0, 0.05) is 42.5 Å². The van der Waals surface area contributed by atoms with Crippen LogP contribution in [0.1, 0.15) is 22.0 Å². The number of nitrogens with zero attached hydrogens (tertiary/aromatic N) is 3. The molecule has 0 aliphatic carbocycles. The van der Waals surface area contributed by atoms with E-state index in [2.05, 4.69) is 9.71 Å². The molecule has 1 aromatic heterocycles. The van der Waals surface area contributed by atoms with E-state index in [-0.39, 0.29) is 16.8 Å². The van der Waals surface area contributed by atoms with Crippen molar-refractivity contribution in [3.05, 3.63) is 102 Å². The molecule has 1 fully saturated rings. The number of carbonyl (C=O) groups is 2. The third kappa shape index (κ3) is 4.96. The van der Waals surface area contributed by atoms with Gasteiger partial charge in [-0.1, -0.05) is 48.5 Å². The number of amides is 3. The van der Waals surface area contributed by atoms with Gasteiger partial charge in [0.1, 0.15) is 4.90 Å². The molecule has 5 rings (SSSR count). The number of fused-ring (bicyclic) bond motifs is 1. The maximum Gasteiger partial charge on any atom is 0.315 e. The predicted molar refractivity (Wildman–Crippen MR) is 140 cm³/mol. The number of aromatic nitrogens is 1.